The lowest BCUT2D eigenvalue weighted by atomic mass is 10.1. The lowest BCUT2D eigenvalue weighted by molar-refractivity contribution is 0.0600. The van der Waals surface area contributed by atoms with Crippen LogP contribution in [0.25, 0.3) is 16.9 Å². The number of phenolic OH excluding ortho intramolecular Hbond substituents is 1. The molecule has 0 aliphatic carbocycles. The van der Waals surface area contributed by atoms with E-state index in [1.807, 2.05) is 0 Å². The first-order chi connectivity index (χ1) is 11.1. The van der Waals surface area contributed by atoms with Crippen molar-refractivity contribution in [2.45, 2.75) is 0 Å². The minimum absolute atomic E-state index is 0.0805. The smallest absolute Gasteiger partial charge is 0.337 e. The maximum Gasteiger partial charge on any atom is 0.337 e. The lowest BCUT2D eigenvalue weighted by Gasteiger charge is -2.03. The summed E-state index contributed by atoms with van der Waals surface area (Å²) in [6, 6.07) is 11.5. The zero-order chi connectivity index (χ0) is 16.4. The van der Waals surface area contributed by atoms with Gasteiger partial charge in [-0.05, 0) is 36.4 Å². The molecule has 0 fully saturated rings. The molecule has 1 aromatic heterocycles. The van der Waals surface area contributed by atoms with E-state index in [2.05, 4.69) is 10.3 Å². The molecule has 0 saturated carbocycles. The fourth-order valence-corrected chi connectivity index (χ4v) is 2.39. The van der Waals surface area contributed by atoms with Gasteiger partial charge in [0.05, 0.1) is 29.6 Å². The molecule has 2 aromatic carbocycles. The Morgan fingerprint density at radius 3 is 2.83 bits per heavy atom. The standard InChI is InChI=1S/C16H12ClN3O3/c1-23-16(22)10-3-2-4-11(7-10)20-9-15(18-19-20)13-6-5-12(21)8-14(13)17/h2-9,21H,1H3. The first kappa shape index (κ1) is 15.1. The molecule has 1 N–H and O–H groups in total. The highest BCUT2D eigenvalue weighted by atomic mass is 35.5. The van der Waals surface area contributed by atoms with Gasteiger partial charge in [-0.1, -0.05) is 22.9 Å². The number of ether oxygens (including phenoxy) is 1. The number of aromatic nitrogens is 3. The van der Waals surface area contributed by atoms with E-state index in [4.69, 9.17) is 16.3 Å². The number of aromatic hydroxyl groups is 1. The molecule has 0 unspecified atom stereocenters. The van der Waals surface area contributed by atoms with Gasteiger partial charge in [-0.2, -0.15) is 0 Å². The molecule has 0 saturated heterocycles. The zero-order valence-corrected chi connectivity index (χ0v) is 12.9. The molecular formula is C16H12ClN3O3. The van der Waals surface area contributed by atoms with Crippen LogP contribution in [0.3, 0.4) is 0 Å². The number of methoxy groups -OCH3 is 1. The highest BCUT2D eigenvalue weighted by Crippen LogP contribution is 2.29. The highest BCUT2D eigenvalue weighted by molar-refractivity contribution is 6.33. The van der Waals surface area contributed by atoms with Gasteiger partial charge in [0.15, 0.2) is 0 Å². The summed E-state index contributed by atoms with van der Waals surface area (Å²) in [5, 5.41) is 17.9. The molecule has 0 radical (unpaired) electrons. The van der Waals surface area contributed by atoms with Crippen LogP contribution in [0.4, 0.5) is 0 Å². The van der Waals surface area contributed by atoms with Crippen molar-refractivity contribution in [1.82, 2.24) is 15.0 Å². The highest BCUT2D eigenvalue weighted by Gasteiger charge is 2.11. The number of hydrogen-bond donors (Lipinski definition) is 1. The molecule has 1 heterocycles. The molecule has 6 nitrogen and oxygen atoms in total. The van der Waals surface area contributed by atoms with Crippen molar-refractivity contribution in [3.05, 3.63) is 59.2 Å². The summed E-state index contributed by atoms with van der Waals surface area (Å²) in [4.78, 5) is 11.6. The van der Waals surface area contributed by atoms with Gasteiger partial charge < -0.3 is 9.84 Å². The summed E-state index contributed by atoms with van der Waals surface area (Å²) in [5.74, 6) is -0.342. The Kier molecular flexibility index (Phi) is 3.99. The summed E-state index contributed by atoms with van der Waals surface area (Å²) in [7, 11) is 1.33. The number of nitrogens with zero attached hydrogens (tertiary/aromatic N) is 3. The number of halogens is 1. The van der Waals surface area contributed by atoms with Crippen LogP contribution in [0.15, 0.2) is 48.7 Å². The normalized spacial score (nSPS) is 10.5. The Morgan fingerprint density at radius 2 is 2.09 bits per heavy atom. The third-order valence-electron chi connectivity index (χ3n) is 3.25. The average molecular weight is 330 g/mol. The monoisotopic (exact) mass is 329 g/mol. The predicted molar refractivity (Wildman–Crippen MR) is 84.8 cm³/mol. The van der Waals surface area contributed by atoms with Gasteiger partial charge >= 0.3 is 5.97 Å². The fraction of sp³-hybridized carbons (Fsp3) is 0.0625. The van der Waals surface area contributed by atoms with Gasteiger partial charge in [0, 0.05) is 5.56 Å². The summed E-state index contributed by atoms with van der Waals surface area (Å²) in [6.45, 7) is 0. The van der Waals surface area contributed by atoms with Crippen LogP contribution < -0.4 is 0 Å². The molecule has 0 amide bonds. The van der Waals surface area contributed by atoms with Gasteiger partial charge in [-0.15, -0.1) is 5.10 Å². The van der Waals surface area contributed by atoms with Gasteiger partial charge in [0.1, 0.15) is 11.4 Å². The molecule has 7 heteroatoms. The molecule has 0 aliphatic rings. The molecular weight excluding hydrogens is 318 g/mol. The Balaban J connectivity index is 1.97. The molecule has 0 atom stereocenters. The lowest BCUT2D eigenvalue weighted by Crippen LogP contribution is -2.03. The second kappa shape index (κ2) is 6.10. The first-order valence-corrected chi connectivity index (χ1v) is 7.06. The number of carbonyl (C=O) groups is 1. The number of hydrogen-bond acceptors (Lipinski definition) is 5. The van der Waals surface area contributed by atoms with Crippen LogP contribution in [0.1, 0.15) is 10.4 Å². The second-order valence-electron chi connectivity index (χ2n) is 4.75. The minimum atomic E-state index is -0.422. The average Bonchev–Trinajstić information content (AvgIpc) is 3.04. The van der Waals surface area contributed by atoms with E-state index in [1.165, 1.54) is 23.9 Å². The maximum atomic E-state index is 11.6. The third-order valence-corrected chi connectivity index (χ3v) is 3.57. The van der Waals surface area contributed by atoms with E-state index in [0.29, 0.717) is 27.5 Å². The summed E-state index contributed by atoms with van der Waals surface area (Å²) < 4.78 is 6.24. The number of phenols is 1. The van der Waals surface area contributed by atoms with Crippen LogP contribution in [0.5, 0.6) is 5.75 Å². The van der Waals surface area contributed by atoms with Crippen molar-refractivity contribution in [3.63, 3.8) is 0 Å². The summed E-state index contributed by atoms with van der Waals surface area (Å²) in [5.41, 5.74) is 2.30. The molecule has 0 bridgehead atoms. The first-order valence-electron chi connectivity index (χ1n) is 6.68. The van der Waals surface area contributed by atoms with Gasteiger partial charge in [-0.3, -0.25) is 0 Å². The zero-order valence-electron chi connectivity index (χ0n) is 12.1. The molecule has 116 valence electrons. The quantitative estimate of drug-likeness (QED) is 0.747. The topological polar surface area (TPSA) is 77.2 Å². The van der Waals surface area contributed by atoms with Gasteiger partial charge in [0.25, 0.3) is 0 Å². The van der Waals surface area contributed by atoms with E-state index < -0.39 is 5.97 Å². The SMILES string of the molecule is COC(=O)c1cccc(-n2cc(-c3ccc(O)cc3Cl)nn2)c1. The van der Waals surface area contributed by atoms with Gasteiger partial charge in [-0.25, -0.2) is 9.48 Å². The Morgan fingerprint density at radius 1 is 1.26 bits per heavy atom. The second-order valence-corrected chi connectivity index (χ2v) is 5.16. The Hall–Kier alpha value is -2.86. The van der Waals surface area contributed by atoms with E-state index in [9.17, 15) is 9.90 Å². The van der Waals surface area contributed by atoms with Crippen molar-refractivity contribution >= 4 is 17.6 Å². The van der Waals surface area contributed by atoms with Crippen LogP contribution in [0, 0.1) is 0 Å². The molecule has 0 spiro atoms. The number of carbonyl (C=O) groups excluding carboxylic acids is 1. The van der Waals surface area contributed by atoms with Crippen molar-refractivity contribution in [2.24, 2.45) is 0 Å². The summed E-state index contributed by atoms with van der Waals surface area (Å²) >= 11 is 6.11. The van der Waals surface area contributed by atoms with Crippen molar-refractivity contribution in [1.29, 1.82) is 0 Å². The van der Waals surface area contributed by atoms with E-state index in [0.717, 1.165) is 0 Å². The number of esters is 1. The van der Waals surface area contributed by atoms with E-state index in [-0.39, 0.29) is 5.75 Å². The van der Waals surface area contributed by atoms with E-state index in [1.54, 1.807) is 36.5 Å². The van der Waals surface area contributed by atoms with Crippen LogP contribution in [-0.2, 0) is 4.74 Å². The molecule has 0 aliphatic heterocycles. The van der Waals surface area contributed by atoms with Crippen molar-refractivity contribution in [3.8, 4) is 22.7 Å². The molecule has 23 heavy (non-hydrogen) atoms. The predicted octanol–water partition coefficient (Wildman–Crippen LogP) is 3.08. The number of rotatable bonds is 3. The fourth-order valence-electron chi connectivity index (χ4n) is 2.12. The van der Waals surface area contributed by atoms with Gasteiger partial charge in [0.2, 0.25) is 0 Å². The van der Waals surface area contributed by atoms with Crippen molar-refractivity contribution in [2.75, 3.05) is 7.11 Å². The largest absolute Gasteiger partial charge is 0.508 e. The van der Waals surface area contributed by atoms with Crippen LogP contribution >= 0.6 is 11.6 Å². The molecule has 3 rings (SSSR count). The molecule has 3 aromatic rings. The van der Waals surface area contributed by atoms with Crippen molar-refractivity contribution < 1.29 is 14.6 Å². The Bertz CT molecular complexity index is 877. The van der Waals surface area contributed by atoms with E-state index >= 15 is 0 Å². The van der Waals surface area contributed by atoms with Crippen LogP contribution in [-0.4, -0.2) is 33.2 Å². The van der Waals surface area contributed by atoms with Crippen LogP contribution in [0.2, 0.25) is 5.02 Å². The third kappa shape index (κ3) is 3.02. The minimum Gasteiger partial charge on any atom is -0.508 e. The Labute approximate surface area is 136 Å². The number of benzene rings is 2. The summed E-state index contributed by atoms with van der Waals surface area (Å²) in [6.07, 6.45) is 1.69. The maximum absolute atomic E-state index is 11.6.